The van der Waals surface area contributed by atoms with Crippen molar-refractivity contribution in [3.05, 3.63) is 89.5 Å². The van der Waals surface area contributed by atoms with E-state index in [2.05, 4.69) is 38.1 Å². The molecule has 1 aliphatic rings. The summed E-state index contributed by atoms with van der Waals surface area (Å²) in [5.74, 6) is 2.26. The maximum absolute atomic E-state index is 11.4. The Morgan fingerprint density at radius 3 is 2.34 bits per heavy atom. The maximum atomic E-state index is 11.4. The van der Waals surface area contributed by atoms with Crippen molar-refractivity contribution in [3.63, 3.8) is 0 Å². The number of rotatable bonds is 11. The SMILES string of the molecule is COc1cccc([C@@H]2Oc3ccc(OC)cc3/C(=N/OC[C@@H](C)[C@H](OCc3ccccc3)C(C)C)[C@@H]2O)c1. The van der Waals surface area contributed by atoms with E-state index in [1.165, 1.54) is 0 Å². The normalized spacial score (nSPS) is 19.4. The minimum atomic E-state index is -1.06. The summed E-state index contributed by atoms with van der Waals surface area (Å²) in [6.07, 6.45) is -1.76. The fourth-order valence-corrected chi connectivity index (χ4v) is 4.71. The smallest absolute Gasteiger partial charge is 0.156 e. The van der Waals surface area contributed by atoms with Gasteiger partial charge >= 0.3 is 0 Å². The van der Waals surface area contributed by atoms with Gasteiger partial charge in [0.1, 0.15) is 35.7 Å². The standard InChI is InChI=1S/C31H37NO6/c1-20(2)30(36-19-22-10-7-6-8-11-22)21(3)18-37-32-28-26-17-25(35-5)14-15-27(26)38-31(29(28)33)23-12-9-13-24(16-23)34-4/h6-17,20-21,29-31,33H,18-19H2,1-5H3/b32-28-/t21-,29+,30-,31+/m1/s1. The predicted octanol–water partition coefficient (Wildman–Crippen LogP) is 5.80. The molecule has 4 atom stereocenters. The molecule has 38 heavy (non-hydrogen) atoms. The first-order chi connectivity index (χ1) is 18.4. The Hall–Kier alpha value is -3.55. The van der Waals surface area contributed by atoms with Crippen molar-refractivity contribution in [2.75, 3.05) is 20.8 Å². The topological polar surface area (TPSA) is 78.7 Å². The van der Waals surface area contributed by atoms with Crippen LogP contribution in [0.3, 0.4) is 0 Å². The molecule has 3 aromatic carbocycles. The first kappa shape index (κ1) is 27.5. The summed E-state index contributed by atoms with van der Waals surface area (Å²) in [5, 5.41) is 15.8. The van der Waals surface area contributed by atoms with E-state index in [1.54, 1.807) is 20.3 Å². The highest BCUT2D eigenvalue weighted by molar-refractivity contribution is 6.07. The highest BCUT2D eigenvalue weighted by atomic mass is 16.6. The monoisotopic (exact) mass is 519 g/mol. The van der Waals surface area contributed by atoms with E-state index in [0.717, 1.165) is 11.1 Å². The highest BCUT2D eigenvalue weighted by Crippen LogP contribution is 2.38. The molecule has 0 fully saturated rings. The second kappa shape index (κ2) is 12.8. The van der Waals surface area contributed by atoms with E-state index in [1.807, 2.05) is 54.6 Å². The van der Waals surface area contributed by atoms with Gasteiger partial charge in [-0.2, -0.15) is 0 Å². The molecule has 0 aliphatic carbocycles. The van der Waals surface area contributed by atoms with Gasteiger partial charge in [0.25, 0.3) is 0 Å². The lowest BCUT2D eigenvalue weighted by atomic mass is 9.92. The van der Waals surface area contributed by atoms with Gasteiger partial charge in [0, 0.05) is 11.5 Å². The number of aliphatic hydroxyl groups excluding tert-OH is 1. The molecule has 3 aromatic rings. The predicted molar refractivity (Wildman–Crippen MR) is 147 cm³/mol. The lowest BCUT2D eigenvalue weighted by molar-refractivity contribution is -0.0487. The lowest BCUT2D eigenvalue weighted by Gasteiger charge is -2.32. The van der Waals surface area contributed by atoms with Gasteiger partial charge in [-0.15, -0.1) is 0 Å². The second-order valence-corrected chi connectivity index (χ2v) is 9.88. The van der Waals surface area contributed by atoms with Crippen molar-refractivity contribution in [2.24, 2.45) is 17.0 Å². The molecular formula is C31H37NO6. The van der Waals surface area contributed by atoms with Crippen LogP contribution in [0.25, 0.3) is 0 Å². The number of oxime groups is 1. The van der Waals surface area contributed by atoms with Crippen molar-refractivity contribution >= 4 is 5.71 Å². The molecule has 0 bridgehead atoms. The molecule has 1 N–H and O–H groups in total. The summed E-state index contributed by atoms with van der Waals surface area (Å²) < 4.78 is 23.3. The van der Waals surface area contributed by atoms with Gasteiger partial charge in [0.2, 0.25) is 0 Å². The zero-order valence-electron chi connectivity index (χ0n) is 22.7. The third kappa shape index (κ3) is 6.47. The van der Waals surface area contributed by atoms with Gasteiger partial charge in [-0.1, -0.05) is 68.4 Å². The molecule has 0 amide bonds. The average molecular weight is 520 g/mol. The fraction of sp³-hybridized carbons (Fsp3) is 0.387. The van der Waals surface area contributed by atoms with E-state index in [0.29, 0.717) is 47.7 Å². The summed E-state index contributed by atoms with van der Waals surface area (Å²) in [7, 11) is 3.20. The summed E-state index contributed by atoms with van der Waals surface area (Å²) in [4.78, 5) is 5.87. The largest absolute Gasteiger partial charge is 0.497 e. The van der Waals surface area contributed by atoms with Crippen molar-refractivity contribution < 1.29 is 28.9 Å². The molecule has 0 aromatic heterocycles. The molecule has 7 nitrogen and oxygen atoms in total. The van der Waals surface area contributed by atoms with Crippen LogP contribution < -0.4 is 14.2 Å². The number of nitrogens with zero attached hydrogens (tertiary/aromatic N) is 1. The molecular weight excluding hydrogens is 482 g/mol. The number of fused-ring (bicyclic) bond motifs is 1. The van der Waals surface area contributed by atoms with Gasteiger partial charge < -0.3 is 28.9 Å². The molecule has 7 heteroatoms. The van der Waals surface area contributed by atoms with Crippen LogP contribution in [0.1, 0.15) is 43.6 Å². The second-order valence-electron chi connectivity index (χ2n) is 9.88. The quantitative estimate of drug-likeness (QED) is 0.323. The molecule has 4 rings (SSSR count). The number of benzene rings is 3. The molecule has 0 saturated heterocycles. The van der Waals surface area contributed by atoms with Gasteiger partial charge in [-0.25, -0.2) is 0 Å². The summed E-state index contributed by atoms with van der Waals surface area (Å²) in [6.45, 7) is 7.24. The van der Waals surface area contributed by atoms with Gasteiger partial charge in [0.15, 0.2) is 6.10 Å². The van der Waals surface area contributed by atoms with Crippen LogP contribution in [-0.2, 0) is 16.2 Å². The minimum absolute atomic E-state index is 0.0214. The van der Waals surface area contributed by atoms with E-state index >= 15 is 0 Å². The van der Waals surface area contributed by atoms with Crippen molar-refractivity contribution in [3.8, 4) is 17.2 Å². The molecule has 0 unspecified atom stereocenters. The van der Waals surface area contributed by atoms with Crippen molar-refractivity contribution in [1.82, 2.24) is 0 Å². The first-order valence-electron chi connectivity index (χ1n) is 12.9. The number of ether oxygens (including phenoxy) is 4. The number of hydrogen-bond acceptors (Lipinski definition) is 7. The Bertz CT molecular complexity index is 1210. The summed E-state index contributed by atoms with van der Waals surface area (Å²) >= 11 is 0. The van der Waals surface area contributed by atoms with Crippen LogP contribution in [0.5, 0.6) is 17.2 Å². The number of aliphatic hydroxyl groups is 1. The van der Waals surface area contributed by atoms with Crippen LogP contribution in [0.4, 0.5) is 0 Å². The van der Waals surface area contributed by atoms with E-state index in [9.17, 15) is 5.11 Å². The van der Waals surface area contributed by atoms with E-state index in [4.69, 9.17) is 23.8 Å². The molecule has 1 aliphatic heterocycles. The van der Waals surface area contributed by atoms with E-state index < -0.39 is 12.2 Å². The first-order valence-corrected chi connectivity index (χ1v) is 12.9. The molecule has 0 spiro atoms. The minimum Gasteiger partial charge on any atom is -0.497 e. The van der Waals surface area contributed by atoms with Crippen molar-refractivity contribution in [1.29, 1.82) is 0 Å². The van der Waals surface area contributed by atoms with E-state index in [-0.39, 0.29) is 12.0 Å². The number of methoxy groups -OCH3 is 2. The van der Waals surface area contributed by atoms with Gasteiger partial charge in [-0.05, 0) is 47.4 Å². The van der Waals surface area contributed by atoms with Crippen LogP contribution in [0.15, 0.2) is 78.0 Å². The Balaban J connectivity index is 1.53. The van der Waals surface area contributed by atoms with Crippen molar-refractivity contribution in [2.45, 2.75) is 45.7 Å². The van der Waals surface area contributed by atoms with Gasteiger partial charge in [0.05, 0.1) is 26.9 Å². The molecule has 0 radical (unpaired) electrons. The zero-order chi connectivity index (χ0) is 27.1. The Morgan fingerprint density at radius 2 is 1.63 bits per heavy atom. The average Bonchev–Trinajstić information content (AvgIpc) is 2.94. The number of hydrogen-bond donors (Lipinski definition) is 1. The van der Waals surface area contributed by atoms with Gasteiger partial charge in [-0.3, -0.25) is 0 Å². The maximum Gasteiger partial charge on any atom is 0.156 e. The van der Waals surface area contributed by atoms with Crippen LogP contribution in [-0.4, -0.2) is 43.9 Å². The molecule has 0 saturated carbocycles. The Kier molecular flexibility index (Phi) is 9.26. The summed E-state index contributed by atoms with van der Waals surface area (Å²) in [5.41, 5.74) is 2.92. The Labute approximate surface area is 224 Å². The zero-order valence-corrected chi connectivity index (χ0v) is 22.7. The molecule has 1 heterocycles. The third-order valence-corrected chi connectivity index (χ3v) is 6.71. The third-order valence-electron chi connectivity index (χ3n) is 6.71. The van der Waals surface area contributed by atoms with Crippen LogP contribution >= 0.6 is 0 Å². The molecule has 202 valence electrons. The highest BCUT2D eigenvalue weighted by Gasteiger charge is 2.36. The van der Waals surface area contributed by atoms with Crippen LogP contribution in [0, 0.1) is 11.8 Å². The van der Waals surface area contributed by atoms with Crippen LogP contribution in [0.2, 0.25) is 0 Å². The summed E-state index contributed by atoms with van der Waals surface area (Å²) in [6, 6.07) is 23.0. The Morgan fingerprint density at radius 1 is 0.895 bits per heavy atom. The fourth-order valence-electron chi connectivity index (χ4n) is 4.71. The lowest BCUT2D eigenvalue weighted by Crippen LogP contribution is -2.37.